The summed E-state index contributed by atoms with van der Waals surface area (Å²) >= 11 is 0. The maximum Gasteiger partial charge on any atom is -0.00897 e. The summed E-state index contributed by atoms with van der Waals surface area (Å²) in [6, 6.07) is 0. The van der Waals surface area contributed by atoms with Gasteiger partial charge in [-0.2, -0.15) is 0 Å². The summed E-state index contributed by atoms with van der Waals surface area (Å²) in [7, 11) is 0.230. The summed E-state index contributed by atoms with van der Waals surface area (Å²) in [5, 5.41) is 1.75. The molecule has 0 aromatic rings. The van der Waals surface area contributed by atoms with Gasteiger partial charge in [0.25, 0.3) is 0 Å². The van der Waals surface area contributed by atoms with E-state index in [1.54, 1.807) is 5.31 Å². The van der Waals surface area contributed by atoms with Crippen molar-refractivity contribution in [2.24, 2.45) is 0 Å². The molecule has 0 amide bonds. The first-order chi connectivity index (χ1) is 5.79. The fourth-order valence-electron chi connectivity index (χ4n) is 2.39. The third-order valence-corrected chi connectivity index (χ3v) is 6.45. The van der Waals surface area contributed by atoms with Gasteiger partial charge in [0.2, 0.25) is 0 Å². The van der Waals surface area contributed by atoms with Crippen molar-refractivity contribution in [1.82, 2.24) is 0 Å². The summed E-state index contributed by atoms with van der Waals surface area (Å²) in [6.45, 7) is 4.88. The Morgan fingerprint density at radius 3 is 2.42 bits per heavy atom. The molecule has 0 N–H and O–H groups in total. The molecule has 0 spiro atoms. The van der Waals surface area contributed by atoms with Crippen molar-refractivity contribution in [2.75, 3.05) is 0 Å². The molecular weight excluding hydrogens is 163 g/mol. The van der Waals surface area contributed by atoms with Crippen LogP contribution in [0.2, 0.25) is 0 Å². The van der Waals surface area contributed by atoms with E-state index >= 15 is 0 Å². The lowest BCUT2D eigenvalue weighted by molar-refractivity contribution is 0.777. The Kier molecular flexibility index (Phi) is 2.37. The van der Waals surface area contributed by atoms with Crippen LogP contribution in [0.1, 0.15) is 33.1 Å². The largest absolute Gasteiger partial charge is 0.0801 e. The Labute approximate surface area is 76.5 Å². The standard InChI is InChI=1S/C11H17P/c1-9-7-8-10(2)12(9)11-5-3-4-6-11/h3-5,9-10H,6-8H2,1-2H3/t9-,10-/m0/s1. The van der Waals surface area contributed by atoms with Crippen molar-refractivity contribution in [1.29, 1.82) is 0 Å². The highest BCUT2D eigenvalue weighted by molar-refractivity contribution is 7.63. The first-order valence-corrected chi connectivity index (χ1v) is 6.41. The van der Waals surface area contributed by atoms with Crippen LogP contribution < -0.4 is 0 Å². The van der Waals surface area contributed by atoms with Crippen LogP contribution in [0.3, 0.4) is 0 Å². The minimum atomic E-state index is 0.230. The highest BCUT2D eigenvalue weighted by atomic mass is 31.1. The lowest BCUT2D eigenvalue weighted by Crippen LogP contribution is -1.97. The van der Waals surface area contributed by atoms with E-state index in [0.29, 0.717) is 0 Å². The molecule has 1 aliphatic carbocycles. The molecule has 1 heteroatoms. The molecule has 12 heavy (non-hydrogen) atoms. The van der Waals surface area contributed by atoms with E-state index in [9.17, 15) is 0 Å². The van der Waals surface area contributed by atoms with Gasteiger partial charge in [0.15, 0.2) is 0 Å². The van der Waals surface area contributed by atoms with Crippen molar-refractivity contribution < 1.29 is 0 Å². The zero-order valence-corrected chi connectivity index (χ0v) is 8.85. The average Bonchev–Trinajstić information content (AvgIpc) is 2.61. The van der Waals surface area contributed by atoms with Crippen LogP contribution in [-0.4, -0.2) is 11.3 Å². The van der Waals surface area contributed by atoms with Gasteiger partial charge in [-0.25, -0.2) is 0 Å². The molecule has 1 heterocycles. The Balaban J connectivity index is 2.11. The van der Waals surface area contributed by atoms with Gasteiger partial charge in [0.05, 0.1) is 0 Å². The molecule has 1 fully saturated rings. The Morgan fingerprint density at radius 2 is 1.92 bits per heavy atom. The molecule has 0 bridgehead atoms. The lowest BCUT2D eigenvalue weighted by Gasteiger charge is -2.22. The summed E-state index contributed by atoms with van der Waals surface area (Å²) in [5.74, 6) is 0. The molecule has 66 valence electrons. The summed E-state index contributed by atoms with van der Waals surface area (Å²) < 4.78 is 0. The van der Waals surface area contributed by atoms with Crippen LogP contribution in [0.15, 0.2) is 23.5 Å². The molecule has 0 unspecified atom stereocenters. The number of hydrogen-bond donors (Lipinski definition) is 0. The SMILES string of the molecule is C[C@H]1CC[C@H](C)P1C1=CC=CC1. The maximum atomic E-state index is 2.44. The Morgan fingerprint density at radius 1 is 1.25 bits per heavy atom. The monoisotopic (exact) mass is 180 g/mol. The predicted molar refractivity (Wildman–Crippen MR) is 56.9 cm³/mol. The van der Waals surface area contributed by atoms with Gasteiger partial charge < -0.3 is 0 Å². The van der Waals surface area contributed by atoms with Gasteiger partial charge in [-0.1, -0.05) is 40.0 Å². The van der Waals surface area contributed by atoms with Crippen LogP contribution >= 0.6 is 7.92 Å². The van der Waals surface area contributed by atoms with Crippen LogP contribution in [0.5, 0.6) is 0 Å². The molecule has 0 saturated carbocycles. The van der Waals surface area contributed by atoms with E-state index < -0.39 is 0 Å². The zero-order chi connectivity index (χ0) is 8.55. The first kappa shape index (κ1) is 8.51. The van der Waals surface area contributed by atoms with Gasteiger partial charge in [-0.15, -0.1) is 0 Å². The average molecular weight is 180 g/mol. The maximum absolute atomic E-state index is 2.44. The Hall–Kier alpha value is -0.0900. The molecule has 0 nitrogen and oxygen atoms in total. The zero-order valence-electron chi connectivity index (χ0n) is 7.96. The summed E-state index contributed by atoms with van der Waals surface area (Å²) in [4.78, 5) is 0. The lowest BCUT2D eigenvalue weighted by atomic mass is 10.2. The topological polar surface area (TPSA) is 0 Å². The second-order valence-electron chi connectivity index (χ2n) is 3.97. The minimum Gasteiger partial charge on any atom is -0.0801 e. The number of hydrogen-bond acceptors (Lipinski definition) is 0. The minimum absolute atomic E-state index is 0.230. The van der Waals surface area contributed by atoms with Crippen molar-refractivity contribution in [3.8, 4) is 0 Å². The number of rotatable bonds is 1. The molecule has 0 aromatic heterocycles. The van der Waals surface area contributed by atoms with Gasteiger partial charge in [-0.05, 0) is 35.9 Å². The molecule has 2 rings (SSSR count). The van der Waals surface area contributed by atoms with Crippen LogP contribution in [0.4, 0.5) is 0 Å². The van der Waals surface area contributed by atoms with Gasteiger partial charge in [0, 0.05) is 0 Å². The van der Waals surface area contributed by atoms with Crippen molar-refractivity contribution >= 4 is 7.92 Å². The molecule has 2 atom stereocenters. The normalized spacial score (nSPS) is 36.0. The quantitative estimate of drug-likeness (QED) is 0.537. The fourth-order valence-corrected chi connectivity index (χ4v) is 5.82. The second kappa shape index (κ2) is 3.34. The molecule has 0 radical (unpaired) electrons. The third kappa shape index (κ3) is 1.38. The molecule has 2 aliphatic rings. The van der Waals surface area contributed by atoms with Gasteiger partial charge >= 0.3 is 0 Å². The highest BCUT2D eigenvalue weighted by Crippen LogP contribution is 2.62. The van der Waals surface area contributed by atoms with Crippen LogP contribution in [0.25, 0.3) is 0 Å². The smallest absolute Gasteiger partial charge is 0.00897 e. The van der Waals surface area contributed by atoms with E-state index in [0.717, 1.165) is 11.3 Å². The van der Waals surface area contributed by atoms with E-state index in [1.165, 1.54) is 19.3 Å². The summed E-state index contributed by atoms with van der Waals surface area (Å²) in [6.07, 6.45) is 11.1. The van der Waals surface area contributed by atoms with Crippen molar-refractivity contribution in [2.45, 2.75) is 44.4 Å². The second-order valence-corrected chi connectivity index (χ2v) is 7.13. The van der Waals surface area contributed by atoms with E-state index in [1.807, 2.05) is 0 Å². The van der Waals surface area contributed by atoms with E-state index in [2.05, 4.69) is 32.1 Å². The van der Waals surface area contributed by atoms with Crippen LogP contribution in [-0.2, 0) is 0 Å². The van der Waals surface area contributed by atoms with Crippen LogP contribution in [0, 0.1) is 0 Å². The number of allylic oxidation sites excluding steroid dienone is 4. The fraction of sp³-hybridized carbons (Fsp3) is 0.636. The predicted octanol–water partition coefficient (Wildman–Crippen LogP) is 3.88. The molecule has 1 aliphatic heterocycles. The first-order valence-electron chi connectivity index (χ1n) is 4.93. The van der Waals surface area contributed by atoms with Gasteiger partial charge in [0.1, 0.15) is 0 Å². The molecular formula is C11H17P. The third-order valence-electron chi connectivity index (χ3n) is 3.04. The van der Waals surface area contributed by atoms with Crippen molar-refractivity contribution in [3.63, 3.8) is 0 Å². The highest BCUT2D eigenvalue weighted by Gasteiger charge is 2.32. The van der Waals surface area contributed by atoms with Crippen molar-refractivity contribution in [3.05, 3.63) is 23.5 Å². The van der Waals surface area contributed by atoms with E-state index in [4.69, 9.17) is 0 Å². The molecule has 0 aromatic carbocycles. The summed E-state index contributed by atoms with van der Waals surface area (Å²) in [5.41, 5.74) is 1.97. The van der Waals surface area contributed by atoms with E-state index in [-0.39, 0.29) is 7.92 Å². The molecule has 1 saturated heterocycles. The Bertz CT molecular complexity index is 217. The van der Waals surface area contributed by atoms with Gasteiger partial charge in [-0.3, -0.25) is 0 Å².